The number of hydrogen-bond acceptors (Lipinski definition) is 10. The smallest absolute Gasteiger partial charge is 0.337 e. The lowest BCUT2D eigenvalue weighted by molar-refractivity contribution is 0.252. The maximum Gasteiger partial charge on any atom is 0.337 e. The van der Waals surface area contributed by atoms with E-state index in [0.717, 1.165) is 30.8 Å². The first-order valence-electron chi connectivity index (χ1n) is 14.5. The van der Waals surface area contributed by atoms with Crippen LogP contribution in [0.4, 0.5) is 16.5 Å². The molecule has 3 aromatic carbocycles. The third kappa shape index (κ3) is 5.20. The summed E-state index contributed by atoms with van der Waals surface area (Å²) in [5, 5.41) is 24.1. The molecule has 6 aromatic rings. The SMILES string of the molecule is N#Cc1nn(-c2cccc(-c3nnc(N)o3)c2)c2c(=O)n(C(=O)Nc3ccc(-c4ccccc4CN4CCCC4)cc3)c(=O)[nH]c12. The Kier molecular flexibility index (Phi) is 7.19. The van der Waals surface area contributed by atoms with Crippen LogP contribution in [-0.2, 0) is 6.54 Å². The van der Waals surface area contributed by atoms with Gasteiger partial charge in [0.25, 0.3) is 5.56 Å². The highest BCUT2D eigenvalue weighted by molar-refractivity contribution is 5.93. The number of carbonyl (C=O) groups excluding carboxylic acids is 1. The van der Waals surface area contributed by atoms with Gasteiger partial charge in [0.05, 0.1) is 5.69 Å². The van der Waals surface area contributed by atoms with Gasteiger partial charge < -0.3 is 20.5 Å². The van der Waals surface area contributed by atoms with E-state index in [-0.39, 0.29) is 28.6 Å². The van der Waals surface area contributed by atoms with E-state index in [0.29, 0.717) is 21.5 Å². The van der Waals surface area contributed by atoms with Crippen molar-refractivity contribution in [3.05, 3.63) is 105 Å². The van der Waals surface area contributed by atoms with E-state index in [1.807, 2.05) is 30.3 Å². The highest BCUT2D eigenvalue weighted by atomic mass is 16.4. The number of amides is 1. The third-order valence-electron chi connectivity index (χ3n) is 7.87. The van der Waals surface area contributed by atoms with Crippen LogP contribution in [0.5, 0.6) is 0 Å². The van der Waals surface area contributed by atoms with Crippen molar-refractivity contribution < 1.29 is 9.21 Å². The van der Waals surface area contributed by atoms with Crippen LogP contribution in [0, 0.1) is 11.3 Å². The number of carbonyl (C=O) groups is 1. The fraction of sp³-hybridized carbons (Fsp3) is 0.156. The van der Waals surface area contributed by atoms with Gasteiger partial charge in [-0.2, -0.15) is 14.9 Å². The van der Waals surface area contributed by atoms with Crippen molar-refractivity contribution in [2.45, 2.75) is 19.4 Å². The van der Waals surface area contributed by atoms with Crippen LogP contribution in [-0.4, -0.2) is 53.5 Å². The number of hydrogen-bond donors (Lipinski definition) is 3. The lowest BCUT2D eigenvalue weighted by atomic mass is 9.99. The number of nitriles is 1. The number of likely N-dealkylation sites (tertiary alicyclic amines) is 1. The molecule has 4 heterocycles. The average molecular weight is 615 g/mol. The van der Waals surface area contributed by atoms with E-state index in [4.69, 9.17) is 10.2 Å². The summed E-state index contributed by atoms with van der Waals surface area (Å²) >= 11 is 0. The first-order valence-corrected chi connectivity index (χ1v) is 14.5. The Hall–Kier alpha value is -6.33. The summed E-state index contributed by atoms with van der Waals surface area (Å²) in [6.07, 6.45) is 2.42. The van der Waals surface area contributed by atoms with Gasteiger partial charge in [-0.25, -0.2) is 14.3 Å². The van der Waals surface area contributed by atoms with Gasteiger partial charge in [0.15, 0.2) is 11.2 Å². The zero-order chi connectivity index (χ0) is 31.8. The van der Waals surface area contributed by atoms with Crippen molar-refractivity contribution in [1.29, 1.82) is 5.26 Å². The molecular weight excluding hydrogens is 588 g/mol. The molecule has 46 heavy (non-hydrogen) atoms. The van der Waals surface area contributed by atoms with E-state index in [2.05, 4.69) is 42.6 Å². The maximum absolute atomic E-state index is 13.7. The number of nitrogens with zero attached hydrogens (tertiary/aromatic N) is 7. The molecule has 14 heteroatoms. The molecule has 1 aliphatic heterocycles. The average Bonchev–Trinajstić information content (AvgIpc) is 3.82. The number of rotatable bonds is 6. The molecule has 0 radical (unpaired) electrons. The molecule has 3 aromatic heterocycles. The minimum atomic E-state index is -1.02. The Morgan fingerprint density at radius 3 is 2.52 bits per heavy atom. The maximum atomic E-state index is 13.7. The molecule has 0 spiro atoms. The Bertz CT molecular complexity index is 2270. The van der Waals surface area contributed by atoms with Crippen LogP contribution in [0.1, 0.15) is 24.1 Å². The first-order chi connectivity index (χ1) is 22.4. The lowest BCUT2D eigenvalue weighted by Crippen LogP contribution is -2.42. The van der Waals surface area contributed by atoms with Crippen molar-refractivity contribution in [2.75, 3.05) is 24.1 Å². The highest BCUT2D eigenvalue weighted by Gasteiger charge is 2.23. The summed E-state index contributed by atoms with van der Waals surface area (Å²) in [4.78, 5) is 45.0. The molecule has 14 nitrogen and oxygen atoms in total. The van der Waals surface area contributed by atoms with Gasteiger partial charge in [-0.1, -0.05) is 47.6 Å². The third-order valence-corrected chi connectivity index (χ3v) is 7.87. The largest absolute Gasteiger partial charge is 0.404 e. The molecule has 1 fully saturated rings. The first kappa shape index (κ1) is 28.4. The molecule has 4 N–H and O–H groups in total. The zero-order valence-corrected chi connectivity index (χ0v) is 24.3. The second-order valence-corrected chi connectivity index (χ2v) is 10.8. The fourth-order valence-corrected chi connectivity index (χ4v) is 5.70. The lowest BCUT2D eigenvalue weighted by Gasteiger charge is -2.18. The minimum absolute atomic E-state index is 0.106. The molecule has 0 saturated carbocycles. The van der Waals surface area contributed by atoms with Crippen LogP contribution in [0.15, 0.2) is 86.8 Å². The Morgan fingerprint density at radius 1 is 1.00 bits per heavy atom. The minimum Gasteiger partial charge on any atom is -0.404 e. The number of nitrogens with two attached hydrogens (primary N) is 1. The van der Waals surface area contributed by atoms with Gasteiger partial charge in [0.2, 0.25) is 5.89 Å². The van der Waals surface area contributed by atoms with E-state index in [9.17, 15) is 19.6 Å². The quantitative estimate of drug-likeness (QED) is 0.249. The Balaban J connectivity index is 1.20. The number of benzene rings is 3. The topological polar surface area (TPSA) is 194 Å². The van der Waals surface area contributed by atoms with Gasteiger partial charge in [0.1, 0.15) is 11.6 Å². The summed E-state index contributed by atoms with van der Waals surface area (Å²) in [5.41, 5.74) is 7.54. The molecule has 0 atom stereocenters. The molecule has 1 amide bonds. The van der Waals surface area contributed by atoms with E-state index in [1.165, 1.54) is 23.1 Å². The number of fused-ring (bicyclic) bond motifs is 1. The molecule has 7 rings (SSSR count). The van der Waals surface area contributed by atoms with Crippen LogP contribution in [0.25, 0.3) is 39.3 Å². The summed E-state index contributed by atoms with van der Waals surface area (Å²) in [6.45, 7) is 3.04. The Labute approximate surface area is 260 Å². The van der Waals surface area contributed by atoms with Crippen molar-refractivity contribution in [3.8, 4) is 34.3 Å². The van der Waals surface area contributed by atoms with Gasteiger partial charge in [0, 0.05) is 17.8 Å². The van der Waals surface area contributed by atoms with Crippen LogP contribution in [0.3, 0.4) is 0 Å². The molecule has 0 bridgehead atoms. The van der Waals surface area contributed by atoms with Gasteiger partial charge in [-0.15, -0.1) is 5.10 Å². The van der Waals surface area contributed by atoms with Crippen molar-refractivity contribution in [3.63, 3.8) is 0 Å². The van der Waals surface area contributed by atoms with Crippen molar-refractivity contribution in [1.82, 2.24) is 34.4 Å². The number of anilines is 2. The van der Waals surface area contributed by atoms with E-state index >= 15 is 0 Å². The summed E-state index contributed by atoms with van der Waals surface area (Å²) in [7, 11) is 0. The molecule has 228 valence electrons. The van der Waals surface area contributed by atoms with Crippen LogP contribution >= 0.6 is 0 Å². The monoisotopic (exact) mass is 614 g/mol. The number of aromatic nitrogens is 6. The summed E-state index contributed by atoms with van der Waals surface area (Å²) < 4.78 is 6.90. The molecular formula is C32H26N10O4. The molecule has 1 saturated heterocycles. The standard InChI is InChI=1S/C32H26N10O4/c33-17-25-26-27(42(39-25)23-8-5-7-20(16-23)28-37-38-30(34)46-28)29(43)41(32(45)36-26)31(44)35-22-12-10-19(11-13-22)24-9-2-1-6-21(24)18-40-14-3-4-15-40/h1-2,5-13,16H,3-4,14-15,18H2,(H2,34,38)(H,35,44)(H,36,45). The van der Waals surface area contributed by atoms with E-state index in [1.54, 1.807) is 36.4 Å². The van der Waals surface area contributed by atoms with E-state index < -0.39 is 17.3 Å². The molecule has 0 aliphatic carbocycles. The van der Waals surface area contributed by atoms with Crippen LogP contribution < -0.4 is 22.3 Å². The number of aromatic amines is 1. The van der Waals surface area contributed by atoms with Crippen LogP contribution in [0.2, 0.25) is 0 Å². The fourth-order valence-electron chi connectivity index (χ4n) is 5.70. The van der Waals surface area contributed by atoms with Crippen molar-refractivity contribution >= 4 is 28.8 Å². The number of nitrogens with one attached hydrogen (secondary N) is 2. The van der Waals surface area contributed by atoms with Gasteiger partial charge >= 0.3 is 17.7 Å². The number of nitrogen functional groups attached to an aromatic ring is 1. The molecule has 0 unspecified atom stereocenters. The van der Waals surface area contributed by atoms with Crippen molar-refractivity contribution in [2.24, 2.45) is 0 Å². The summed E-state index contributed by atoms with van der Waals surface area (Å²) in [5.74, 6) is 0.127. The molecule has 1 aliphatic rings. The predicted molar refractivity (Wildman–Crippen MR) is 169 cm³/mol. The van der Waals surface area contributed by atoms with Gasteiger partial charge in [-0.3, -0.25) is 9.69 Å². The second-order valence-electron chi connectivity index (χ2n) is 10.8. The van der Waals surface area contributed by atoms with Gasteiger partial charge in [-0.05, 0) is 73.0 Å². The normalized spacial score (nSPS) is 13.2. The predicted octanol–water partition coefficient (Wildman–Crippen LogP) is 3.72. The highest BCUT2D eigenvalue weighted by Crippen LogP contribution is 2.28. The number of H-pyrrole nitrogens is 1. The second kappa shape index (κ2) is 11.6. The zero-order valence-electron chi connectivity index (χ0n) is 24.3. The summed E-state index contributed by atoms with van der Waals surface area (Å²) in [6, 6.07) is 22.7. The Morgan fingerprint density at radius 2 is 1.78 bits per heavy atom.